The summed E-state index contributed by atoms with van der Waals surface area (Å²) in [6.45, 7) is 0.846. The predicted molar refractivity (Wildman–Crippen MR) is 97.5 cm³/mol. The third-order valence-electron chi connectivity index (χ3n) is 3.59. The van der Waals surface area contributed by atoms with Crippen molar-refractivity contribution >= 4 is 17.6 Å². The zero-order valence-corrected chi connectivity index (χ0v) is 14.5. The Morgan fingerprint density at radius 2 is 1.72 bits per heavy atom. The molecule has 132 valence electrons. The van der Waals surface area contributed by atoms with Crippen LogP contribution in [0.15, 0.2) is 54.6 Å². The Hall–Kier alpha value is -3.02. The molecule has 0 unspecified atom stereocenters. The first-order chi connectivity index (χ1) is 12.1. The highest BCUT2D eigenvalue weighted by molar-refractivity contribution is 5.89. The summed E-state index contributed by atoms with van der Waals surface area (Å²) >= 11 is 0. The molecule has 0 saturated carbocycles. The van der Waals surface area contributed by atoms with Gasteiger partial charge in [-0.15, -0.1) is 0 Å². The summed E-state index contributed by atoms with van der Waals surface area (Å²) in [5, 5.41) is 5.38. The van der Waals surface area contributed by atoms with Gasteiger partial charge in [0.2, 0.25) is 5.91 Å². The number of benzene rings is 2. The SMILES string of the molecule is CNC(=O)CCOc1ccc(NC(=O)N(C)Cc2ccccc2)cc1. The number of hydrogen-bond donors (Lipinski definition) is 2. The molecule has 0 aromatic heterocycles. The van der Waals surface area contributed by atoms with Gasteiger partial charge in [0.1, 0.15) is 5.75 Å². The lowest BCUT2D eigenvalue weighted by Gasteiger charge is -2.18. The number of anilines is 1. The molecule has 0 aliphatic heterocycles. The second-order valence-electron chi connectivity index (χ2n) is 5.57. The average molecular weight is 341 g/mol. The summed E-state index contributed by atoms with van der Waals surface area (Å²) in [7, 11) is 3.34. The molecule has 0 aliphatic carbocycles. The molecular formula is C19H23N3O3. The zero-order chi connectivity index (χ0) is 18.1. The second-order valence-corrected chi connectivity index (χ2v) is 5.57. The number of carbonyl (C=O) groups is 2. The van der Waals surface area contributed by atoms with E-state index < -0.39 is 0 Å². The number of rotatable bonds is 7. The smallest absolute Gasteiger partial charge is 0.321 e. The number of carbonyl (C=O) groups excluding carboxylic acids is 2. The van der Waals surface area contributed by atoms with Crippen LogP contribution in [0.5, 0.6) is 5.75 Å². The fourth-order valence-corrected chi connectivity index (χ4v) is 2.17. The molecule has 0 spiro atoms. The van der Waals surface area contributed by atoms with Crippen LogP contribution < -0.4 is 15.4 Å². The van der Waals surface area contributed by atoms with E-state index in [1.165, 1.54) is 0 Å². The summed E-state index contributed by atoms with van der Waals surface area (Å²) < 4.78 is 5.48. The number of hydrogen-bond acceptors (Lipinski definition) is 3. The molecule has 2 aromatic rings. The molecule has 6 heteroatoms. The summed E-state index contributed by atoms with van der Waals surface area (Å²) in [4.78, 5) is 25.0. The Kier molecular flexibility index (Phi) is 6.83. The first-order valence-corrected chi connectivity index (χ1v) is 8.08. The van der Waals surface area contributed by atoms with E-state index in [0.717, 1.165) is 5.56 Å². The highest BCUT2D eigenvalue weighted by Crippen LogP contribution is 2.16. The van der Waals surface area contributed by atoms with Gasteiger partial charge in [-0.2, -0.15) is 0 Å². The van der Waals surface area contributed by atoms with Gasteiger partial charge in [-0.1, -0.05) is 30.3 Å². The van der Waals surface area contributed by atoms with Crippen molar-refractivity contribution in [1.82, 2.24) is 10.2 Å². The minimum absolute atomic E-state index is 0.0645. The van der Waals surface area contributed by atoms with E-state index in [1.54, 1.807) is 43.3 Å². The van der Waals surface area contributed by atoms with Gasteiger partial charge in [-0.3, -0.25) is 4.79 Å². The minimum atomic E-state index is -0.183. The fourth-order valence-electron chi connectivity index (χ4n) is 2.17. The zero-order valence-electron chi connectivity index (χ0n) is 14.5. The van der Waals surface area contributed by atoms with Crippen molar-refractivity contribution in [2.45, 2.75) is 13.0 Å². The average Bonchev–Trinajstić information content (AvgIpc) is 2.63. The Bertz CT molecular complexity index is 687. The number of nitrogens with zero attached hydrogens (tertiary/aromatic N) is 1. The van der Waals surface area contributed by atoms with Crippen molar-refractivity contribution in [3.63, 3.8) is 0 Å². The molecule has 25 heavy (non-hydrogen) atoms. The maximum Gasteiger partial charge on any atom is 0.321 e. The molecule has 0 radical (unpaired) electrons. The lowest BCUT2D eigenvalue weighted by molar-refractivity contribution is -0.121. The van der Waals surface area contributed by atoms with Gasteiger partial charge in [-0.25, -0.2) is 4.79 Å². The summed E-state index contributed by atoms with van der Waals surface area (Å²) in [6, 6.07) is 16.7. The van der Waals surface area contributed by atoms with Gasteiger partial charge in [0, 0.05) is 26.3 Å². The van der Waals surface area contributed by atoms with Crippen molar-refractivity contribution in [1.29, 1.82) is 0 Å². The van der Waals surface area contributed by atoms with Gasteiger partial charge in [-0.05, 0) is 29.8 Å². The van der Waals surface area contributed by atoms with Crippen LogP contribution >= 0.6 is 0 Å². The maximum absolute atomic E-state index is 12.2. The van der Waals surface area contributed by atoms with E-state index in [1.807, 2.05) is 30.3 Å². The summed E-state index contributed by atoms with van der Waals surface area (Å²) in [6.07, 6.45) is 0.305. The van der Waals surface area contributed by atoms with Crippen LogP contribution in [0.25, 0.3) is 0 Å². The molecule has 0 fully saturated rings. The van der Waals surface area contributed by atoms with Crippen LogP contribution in [0, 0.1) is 0 Å². The van der Waals surface area contributed by atoms with Crippen molar-refractivity contribution in [3.8, 4) is 5.75 Å². The Morgan fingerprint density at radius 3 is 2.36 bits per heavy atom. The highest BCUT2D eigenvalue weighted by atomic mass is 16.5. The molecule has 0 bridgehead atoms. The van der Waals surface area contributed by atoms with E-state index >= 15 is 0 Å². The van der Waals surface area contributed by atoms with E-state index in [9.17, 15) is 9.59 Å². The van der Waals surface area contributed by atoms with Gasteiger partial charge in [0.15, 0.2) is 0 Å². The highest BCUT2D eigenvalue weighted by Gasteiger charge is 2.09. The van der Waals surface area contributed by atoms with Crippen molar-refractivity contribution in [3.05, 3.63) is 60.2 Å². The number of urea groups is 1. The molecule has 0 saturated heterocycles. The van der Waals surface area contributed by atoms with E-state index in [-0.39, 0.29) is 11.9 Å². The Morgan fingerprint density at radius 1 is 1.04 bits per heavy atom. The predicted octanol–water partition coefficient (Wildman–Crippen LogP) is 2.87. The first kappa shape index (κ1) is 18.3. The monoisotopic (exact) mass is 341 g/mol. The third-order valence-corrected chi connectivity index (χ3v) is 3.59. The van der Waals surface area contributed by atoms with Gasteiger partial charge in [0.25, 0.3) is 0 Å². The van der Waals surface area contributed by atoms with Gasteiger partial charge >= 0.3 is 6.03 Å². The number of nitrogens with one attached hydrogen (secondary N) is 2. The maximum atomic E-state index is 12.2. The van der Waals surface area contributed by atoms with Crippen molar-refractivity contribution in [2.75, 3.05) is 26.0 Å². The van der Waals surface area contributed by atoms with E-state index in [4.69, 9.17) is 4.74 Å². The van der Waals surface area contributed by atoms with Gasteiger partial charge < -0.3 is 20.3 Å². The molecular weight excluding hydrogens is 318 g/mol. The normalized spacial score (nSPS) is 10.0. The quantitative estimate of drug-likeness (QED) is 0.813. The van der Waals surface area contributed by atoms with Crippen molar-refractivity contribution < 1.29 is 14.3 Å². The summed E-state index contributed by atoms with van der Waals surface area (Å²) in [5.41, 5.74) is 1.75. The fraction of sp³-hybridized carbons (Fsp3) is 0.263. The molecule has 6 nitrogen and oxygen atoms in total. The lowest BCUT2D eigenvalue weighted by Crippen LogP contribution is -2.30. The van der Waals surface area contributed by atoms with Crippen LogP contribution in [0.1, 0.15) is 12.0 Å². The summed E-state index contributed by atoms with van der Waals surface area (Å²) in [5.74, 6) is 0.588. The Balaban J connectivity index is 1.81. The molecule has 0 heterocycles. The lowest BCUT2D eigenvalue weighted by atomic mass is 10.2. The van der Waals surface area contributed by atoms with Crippen LogP contribution in [0.2, 0.25) is 0 Å². The topological polar surface area (TPSA) is 70.7 Å². The van der Waals surface area contributed by atoms with Crippen LogP contribution in [-0.4, -0.2) is 37.5 Å². The van der Waals surface area contributed by atoms with Crippen LogP contribution in [-0.2, 0) is 11.3 Å². The van der Waals surface area contributed by atoms with Crippen LogP contribution in [0.3, 0.4) is 0 Å². The first-order valence-electron chi connectivity index (χ1n) is 8.08. The van der Waals surface area contributed by atoms with Gasteiger partial charge in [0.05, 0.1) is 13.0 Å². The van der Waals surface area contributed by atoms with E-state index in [2.05, 4.69) is 10.6 Å². The largest absolute Gasteiger partial charge is 0.493 e. The number of amides is 3. The molecule has 0 atom stereocenters. The molecule has 2 aromatic carbocycles. The molecule has 2 rings (SSSR count). The third kappa shape index (κ3) is 6.18. The number of ether oxygens (including phenoxy) is 1. The van der Waals surface area contributed by atoms with Crippen LogP contribution in [0.4, 0.5) is 10.5 Å². The van der Waals surface area contributed by atoms with Crippen molar-refractivity contribution in [2.24, 2.45) is 0 Å². The van der Waals surface area contributed by atoms with E-state index in [0.29, 0.717) is 31.0 Å². The molecule has 3 amide bonds. The second kappa shape index (κ2) is 9.32. The minimum Gasteiger partial charge on any atom is -0.493 e. The molecule has 0 aliphatic rings. The molecule has 2 N–H and O–H groups in total. The Labute approximate surface area is 147 Å². The standard InChI is InChI=1S/C19H23N3O3/c1-20-18(23)12-13-25-17-10-8-16(9-11-17)21-19(24)22(2)14-15-6-4-3-5-7-15/h3-11H,12-14H2,1-2H3,(H,20,23)(H,21,24).